The number of halogens is 1. The maximum atomic E-state index is 13.6. The van der Waals surface area contributed by atoms with E-state index in [-0.39, 0.29) is 17.0 Å². The predicted octanol–water partition coefficient (Wildman–Crippen LogP) is -2.15. The lowest BCUT2D eigenvalue weighted by molar-refractivity contribution is -0.0503. The molecule has 284 valence electrons. The number of hydrogen-bond donors (Lipinski definition) is 9. The molecule has 4 unspecified atom stereocenters. The number of nitrogen functional groups attached to an aromatic ring is 1. The Morgan fingerprint density at radius 1 is 0.863 bits per heavy atom. The first-order chi connectivity index (χ1) is 23.6. The lowest BCUT2D eigenvalue weighted by atomic mass is 10.1. The predicted molar refractivity (Wildman–Crippen MR) is 156 cm³/mol. The van der Waals surface area contributed by atoms with Gasteiger partial charge < -0.3 is 50.1 Å². The van der Waals surface area contributed by atoms with Crippen molar-refractivity contribution in [1.29, 1.82) is 0 Å². The summed E-state index contributed by atoms with van der Waals surface area (Å²) in [4.78, 5) is 75.7. The van der Waals surface area contributed by atoms with Crippen LogP contribution in [0, 0.1) is 5.82 Å². The fourth-order valence-corrected chi connectivity index (χ4v) is 9.62. The van der Waals surface area contributed by atoms with Crippen molar-refractivity contribution in [3.05, 3.63) is 45.5 Å². The summed E-state index contributed by atoms with van der Waals surface area (Å²) in [6.07, 6.45) is -8.89. The summed E-state index contributed by atoms with van der Waals surface area (Å²) in [5.74, 6) is -1.41. The quantitative estimate of drug-likeness (QED) is 0.0783. The summed E-state index contributed by atoms with van der Waals surface area (Å²) in [6.45, 7) is -2.25. The molecule has 2 aliphatic rings. The van der Waals surface area contributed by atoms with E-state index < -0.39 is 111 Å². The van der Waals surface area contributed by atoms with Crippen LogP contribution < -0.4 is 17.0 Å². The van der Waals surface area contributed by atoms with E-state index in [0.29, 0.717) is 10.8 Å². The average molecular weight is 815 g/mol. The van der Waals surface area contributed by atoms with Gasteiger partial charge in [0.15, 0.2) is 17.7 Å². The van der Waals surface area contributed by atoms with Crippen molar-refractivity contribution in [3.63, 3.8) is 0 Å². The molecular weight excluding hydrogens is 789 g/mol. The number of phosphoric acid groups is 4. The molecule has 0 aliphatic carbocycles. The second-order valence-corrected chi connectivity index (χ2v) is 16.6. The summed E-state index contributed by atoms with van der Waals surface area (Å²) < 4.78 is 95.4. The number of aromatic nitrogens is 6. The number of aliphatic hydroxyl groups is 3. The smallest absolute Gasteiger partial charge is 0.390 e. The number of fused-ring (bicyclic) bond motifs is 1. The number of nitrogens with zero attached hydrogens (tertiary/aromatic N) is 5. The highest BCUT2D eigenvalue weighted by molar-refractivity contribution is 7.69. The largest absolute Gasteiger partial charge is 0.490 e. The molecule has 27 nitrogen and oxygen atoms in total. The maximum Gasteiger partial charge on any atom is 0.490 e. The van der Waals surface area contributed by atoms with E-state index >= 15 is 0 Å². The topological polar surface area (TPSA) is 399 Å². The molecule has 3 aromatic heterocycles. The monoisotopic (exact) mass is 815 g/mol. The van der Waals surface area contributed by atoms with E-state index in [9.17, 15) is 67.1 Å². The number of nitrogens with two attached hydrogens (primary N) is 1. The Labute approximate surface area is 280 Å². The van der Waals surface area contributed by atoms with Gasteiger partial charge in [-0.1, -0.05) is 0 Å². The Balaban J connectivity index is 1.13. The molecule has 0 aromatic carbocycles. The zero-order chi connectivity index (χ0) is 37.7. The zero-order valence-corrected chi connectivity index (χ0v) is 28.4. The Kier molecular flexibility index (Phi) is 11.3. The highest BCUT2D eigenvalue weighted by Crippen LogP contribution is 2.71. The van der Waals surface area contributed by atoms with Gasteiger partial charge in [-0.2, -0.15) is 17.3 Å². The minimum atomic E-state index is -6.21. The minimum Gasteiger partial charge on any atom is -0.390 e. The number of aliphatic hydroxyl groups excluding tert-OH is 3. The number of nitrogens with one attached hydrogen (secondary N) is 1. The van der Waals surface area contributed by atoms with Gasteiger partial charge in [-0.05, 0) is 0 Å². The van der Waals surface area contributed by atoms with Gasteiger partial charge in [0.1, 0.15) is 42.5 Å². The molecular formula is C19H26FN7O20P4. The Hall–Kier alpha value is -2.68. The van der Waals surface area contributed by atoms with Crippen LogP contribution in [0.2, 0.25) is 0 Å². The molecule has 0 bridgehead atoms. The molecule has 32 heteroatoms. The maximum absolute atomic E-state index is 13.6. The molecule has 2 aliphatic heterocycles. The number of anilines is 1. The molecule has 0 amide bonds. The van der Waals surface area contributed by atoms with Crippen molar-refractivity contribution in [2.75, 3.05) is 18.9 Å². The van der Waals surface area contributed by atoms with Crippen LogP contribution in [0.25, 0.3) is 11.2 Å². The van der Waals surface area contributed by atoms with Crippen LogP contribution in [0.15, 0.2) is 28.4 Å². The van der Waals surface area contributed by atoms with E-state index in [0.717, 1.165) is 17.2 Å². The number of hydrogen-bond acceptors (Lipinski definition) is 20. The lowest BCUT2D eigenvalue weighted by Crippen LogP contribution is -2.34. The van der Waals surface area contributed by atoms with Crippen molar-refractivity contribution >= 4 is 48.3 Å². The van der Waals surface area contributed by atoms with E-state index in [1.54, 1.807) is 4.98 Å². The van der Waals surface area contributed by atoms with Gasteiger partial charge in [0.2, 0.25) is 5.82 Å². The molecule has 0 radical (unpaired) electrons. The molecule has 5 heterocycles. The number of phosphoric ester groups is 2. The average Bonchev–Trinajstić information content (AvgIpc) is 3.67. The van der Waals surface area contributed by atoms with Crippen LogP contribution in [0.5, 0.6) is 0 Å². The fourth-order valence-electron chi connectivity index (χ4n) is 4.67. The minimum absolute atomic E-state index is 0.0238. The van der Waals surface area contributed by atoms with Crippen molar-refractivity contribution in [2.45, 2.75) is 49.4 Å². The SMILES string of the molecule is Nc1ncnc2c1ncn2[C@@H]1O[C@H](COP(=O)(O)OP(=O)(O)OP(=O)(O)OP(=O)(O)OC[C@H]2O[C@@H](n3cc(F)c(=O)[nH]c3=O)C[C@@H]2O)[C@@H](O)[C@H]1O. The number of aromatic amines is 1. The molecule has 5 rings (SSSR count). The fraction of sp³-hybridized carbons (Fsp3) is 0.526. The van der Waals surface area contributed by atoms with Crippen molar-refractivity contribution in [2.24, 2.45) is 0 Å². The van der Waals surface area contributed by atoms with Gasteiger partial charge in [-0.25, -0.2) is 38.0 Å². The van der Waals surface area contributed by atoms with Gasteiger partial charge in [0, 0.05) is 6.42 Å². The van der Waals surface area contributed by atoms with E-state index in [2.05, 4.69) is 36.9 Å². The highest BCUT2D eigenvalue weighted by atomic mass is 31.3. The second-order valence-electron chi connectivity index (χ2n) is 10.4. The number of imidazole rings is 1. The van der Waals surface area contributed by atoms with Crippen LogP contribution in [-0.2, 0) is 49.7 Å². The summed E-state index contributed by atoms with van der Waals surface area (Å²) >= 11 is 0. The molecule has 2 saturated heterocycles. The Bertz CT molecular complexity index is 2100. The normalized spacial score (nSPS) is 30.1. The van der Waals surface area contributed by atoms with Crippen molar-refractivity contribution < 1.29 is 89.0 Å². The van der Waals surface area contributed by atoms with Gasteiger partial charge in [-0.3, -0.25) is 28.0 Å². The Morgan fingerprint density at radius 3 is 2.08 bits per heavy atom. The summed E-state index contributed by atoms with van der Waals surface area (Å²) in [7, 11) is -24.0. The Morgan fingerprint density at radius 2 is 1.45 bits per heavy atom. The first kappa shape index (κ1) is 39.5. The molecule has 11 atom stereocenters. The summed E-state index contributed by atoms with van der Waals surface area (Å²) in [6, 6.07) is 0. The first-order valence-corrected chi connectivity index (χ1v) is 19.6. The number of rotatable bonds is 14. The first-order valence-electron chi connectivity index (χ1n) is 13.6. The number of ether oxygens (including phenoxy) is 2. The zero-order valence-electron chi connectivity index (χ0n) is 24.8. The van der Waals surface area contributed by atoms with Gasteiger partial charge in [0.25, 0.3) is 5.56 Å². The summed E-state index contributed by atoms with van der Waals surface area (Å²) in [5.41, 5.74) is 3.41. The third-order valence-electron chi connectivity index (χ3n) is 6.86. The molecule has 51 heavy (non-hydrogen) atoms. The molecule has 10 N–H and O–H groups in total. The van der Waals surface area contributed by atoms with Gasteiger partial charge >= 0.3 is 37.0 Å². The second kappa shape index (κ2) is 14.6. The molecule has 0 saturated carbocycles. The van der Waals surface area contributed by atoms with Crippen LogP contribution in [0.1, 0.15) is 18.9 Å². The number of H-pyrrole nitrogens is 1. The lowest BCUT2D eigenvalue weighted by Gasteiger charge is -2.21. The summed E-state index contributed by atoms with van der Waals surface area (Å²) in [5, 5.41) is 31.0. The van der Waals surface area contributed by atoms with E-state index in [1.807, 2.05) is 0 Å². The molecule has 3 aromatic rings. The van der Waals surface area contributed by atoms with Crippen LogP contribution in [0.4, 0.5) is 10.2 Å². The van der Waals surface area contributed by atoms with Crippen LogP contribution >= 0.6 is 31.3 Å². The van der Waals surface area contributed by atoms with Crippen molar-refractivity contribution in [3.8, 4) is 0 Å². The van der Waals surface area contributed by atoms with Crippen LogP contribution in [-0.4, -0.2) is 108 Å². The third-order valence-corrected chi connectivity index (χ3v) is 12.8. The van der Waals surface area contributed by atoms with E-state index in [1.165, 1.54) is 0 Å². The van der Waals surface area contributed by atoms with Crippen LogP contribution in [0.3, 0.4) is 0 Å². The van der Waals surface area contributed by atoms with Crippen molar-refractivity contribution in [1.82, 2.24) is 29.1 Å². The third kappa shape index (κ3) is 9.28. The molecule has 2 fully saturated rings. The van der Waals surface area contributed by atoms with E-state index in [4.69, 9.17) is 15.2 Å². The standard InChI is InChI=1S/C19H26FN7O20P4/c20-7-2-26(19(32)25-17(7)31)11-1-8(28)9(43-11)3-41-48(33,34)45-50(37,38)47-51(39,40)46-49(35,36)42-4-10-13(29)14(30)18(44-10)27-6-24-12-15(21)22-5-23-16(12)27/h2,5-6,8-11,13-14,18,28-30H,1,3-4H2,(H,33,34)(H,35,36)(H,37,38)(H,39,40)(H2,21,22,23)(H,25,31,32)/t8-,9+,10+,11+,13+,14+,18+/m0/s1. The molecule has 0 spiro atoms. The highest BCUT2D eigenvalue weighted by Gasteiger charge is 2.49. The van der Waals surface area contributed by atoms with Gasteiger partial charge in [0.05, 0.1) is 31.8 Å². The van der Waals surface area contributed by atoms with Gasteiger partial charge in [-0.15, -0.1) is 0 Å².